The van der Waals surface area contributed by atoms with Crippen molar-refractivity contribution >= 4 is 17.7 Å². The molecule has 2 atom stereocenters. The Labute approximate surface area is 205 Å². The molecule has 2 aromatic rings. The summed E-state index contributed by atoms with van der Waals surface area (Å²) in [5.74, 6) is 1.89. The summed E-state index contributed by atoms with van der Waals surface area (Å²) in [5.41, 5.74) is 14.4. The van der Waals surface area contributed by atoms with E-state index in [1.807, 2.05) is 13.0 Å². The minimum absolute atomic E-state index is 0.0961. The Hall–Kier alpha value is -2.92. The zero-order valence-electron chi connectivity index (χ0n) is 20.8. The molecule has 2 saturated heterocycles. The van der Waals surface area contributed by atoms with Gasteiger partial charge in [-0.2, -0.15) is 4.98 Å². The summed E-state index contributed by atoms with van der Waals surface area (Å²) in [6.45, 7) is 9.44. The second kappa shape index (κ2) is 8.94. The highest BCUT2D eigenvalue weighted by Crippen LogP contribution is 2.53. The van der Waals surface area contributed by atoms with E-state index in [1.54, 1.807) is 11.1 Å². The smallest absolute Gasteiger partial charge is 0.324 e. The van der Waals surface area contributed by atoms with E-state index < -0.39 is 5.54 Å². The Balaban J connectivity index is 1.12. The van der Waals surface area contributed by atoms with Gasteiger partial charge in [-0.05, 0) is 38.2 Å². The number of aryl methyl sites for hydroxylation is 1. The number of hydrogen-bond acceptors (Lipinski definition) is 9. The van der Waals surface area contributed by atoms with Crippen LogP contribution in [-0.4, -0.2) is 65.0 Å². The first-order valence-corrected chi connectivity index (χ1v) is 12.5. The average molecular weight is 485 g/mol. The summed E-state index contributed by atoms with van der Waals surface area (Å²) in [4.78, 5) is 24.7. The number of carbonyl (C=O) groups excluding carboxylic acids is 1. The van der Waals surface area contributed by atoms with E-state index in [2.05, 4.69) is 39.2 Å². The number of pyridine rings is 1. The molecule has 4 heterocycles. The number of anilines is 2. The van der Waals surface area contributed by atoms with Crippen molar-refractivity contribution in [2.75, 3.05) is 42.6 Å². The van der Waals surface area contributed by atoms with Crippen molar-refractivity contribution in [2.45, 2.75) is 63.5 Å². The van der Waals surface area contributed by atoms with Crippen LogP contribution in [0.2, 0.25) is 0 Å². The van der Waals surface area contributed by atoms with Crippen LogP contribution >= 0.6 is 0 Å². The van der Waals surface area contributed by atoms with E-state index in [-0.39, 0.29) is 17.5 Å². The molecule has 2 aromatic heterocycles. The van der Waals surface area contributed by atoms with E-state index in [0.29, 0.717) is 43.9 Å². The fourth-order valence-electron chi connectivity index (χ4n) is 5.42. The molecule has 0 aromatic carbocycles. The van der Waals surface area contributed by atoms with Gasteiger partial charge in [0.2, 0.25) is 5.88 Å². The molecule has 2 aliphatic heterocycles. The number of urea groups is 1. The summed E-state index contributed by atoms with van der Waals surface area (Å²) < 4.78 is 11.4. The van der Waals surface area contributed by atoms with Gasteiger partial charge in [0.05, 0.1) is 18.5 Å². The molecule has 190 valence electrons. The molecule has 5 N–H and O–H groups in total. The molecule has 1 aliphatic carbocycles. The highest BCUT2D eigenvalue weighted by atomic mass is 16.5. The van der Waals surface area contributed by atoms with Gasteiger partial charge in [0.1, 0.15) is 0 Å². The molecule has 3 fully saturated rings. The number of amides is 2. The normalized spacial score (nSPS) is 27.0. The predicted molar refractivity (Wildman–Crippen MR) is 132 cm³/mol. The molecule has 3 aliphatic rings. The Bertz CT molecular complexity index is 1080. The van der Waals surface area contributed by atoms with Crippen molar-refractivity contribution in [3.05, 3.63) is 23.7 Å². The molecule has 0 spiro atoms. The van der Waals surface area contributed by atoms with Crippen LogP contribution in [0.1, 0.15) is 56.8 Å². The number of aromatic nitrogens is 3. The van der Waals surface area contributed by atoms with Crippen molar-refractivity contribution in [3.63, 3.8) is 0 Å². The number of ether oxygens (including phenoxy) is 1. The number of rotatable bonds is 8. The number of piperidine rings is 1. The maximum atomic E-state index is 11.9. The lowest BCUT2D eigenvalue weighted by atomic mass is 9.84. The Kier molecular flexibility index (Phi) is 6.08. The lowest BCUT2D eigenvalue weighted by Gasteiger charge is -2.35. The highest BCUT2D eigenvalue weighted by molar-refractivity contribution is 5.93. The third-order valence-corrected chi connectivity index (χ3v) is 7.82. The van der Waals surface area contributed by atoms with E-state index in [9.17, 15) is 4.79 Å². The summed E-state index contributed by atoms with van der Waals surface area (Å²) in [7, 11) is 0. The second-order valence-electron chi connectivity index (χ2n) is 10.5. The zero-order chi connectivity index (χ0) is 24.8. The fraction of sp³-hybridized carbons (Fsp3) is 0.667. The molecule has 0 bridgehead atoms. The summed E-state index contributed by atoms with van der Waals surface area (Å²) in [6.07, 6.45) is 5.03. The van der Waals surface area contributed by atoms with Gasteiger partial charge in [0.15, 0.2) is 5.82 Å². The van der Waals surface area contributed by atoms with E-state index >= 15 is 0 Å². The Morgan fingerprint density at radius 2 is 2.06 bits per heavy atom. The van der Waals surface area contributed by atoms with Crippen molar-refractivity contribution in [3.8, 4) is 5.88 Å². The highest BCUT2D eigenvalue weighted by Gasteiger charge is 2.65. The second-order valence-corrected chi connectivity index (χ2v) is 10.5. The summed E-state index contributed by atoms with van der Waals surface area (Å²) in [6, 6.07) is 2.43. The van der Waals surface area contributed by atoms with Gasteiger partial charge >= 0.3 is 12.0 Å². The number of nitrogens with two attached hydrogens (primary N) is 2. The van der Waals surface area contributed by atoms with Gasteiger partial charge in [0.25, 0.3) is 0 Å². The van der Waals surface area contributed by atoms with E-state index in [0.717, 1.165) is 49.4 Å². The van der Waals surface area contributed by atoms with Gasteiger partial charge in [-0.3, -0.25) is 4.90 Å². The number of nitrogens with one attached hydrogen (secondary N) is 1. The third-order valence-electron chi connectivity index (χ3n) is 7.82. The standard InChI is InChI=1S/C24H36N8O3/c1-15(2)19-29-22(35-30-19)31-8-4-17(5-9-31)24(26)14-23(24,25)6-11-34-20-16(3)12-18(13-28-20)32-10-7-27-21(32)33/h12-13,15,17H,4-11,14,25-26H2,1-3H3,(H,27,33)/t23-,24-/m0/s1. The van der Waals surface area contributed by atoms with Crippen LogP contribution in [0, 0.1) is 12.8 Å². The molecule has 5 rings (SSSR count). The topological polar surface area (TPSA) is 149 Å². The van der Waals surface area contributed by atoms with Crippen LogP contribution in [0.3, 0.4) is 0 Å². The van der Waals surface area contributed by atoms with Crippen molar-refractivity contribution in [1.29, 1.82) is 0 Å². The van der Waals surface area contributed by atoms with Crippen LogP contribution in [-0.2, 0) is 0 Å². The molecule has 0 unspecified atom stereocenters. The quantitative estimate of drug-likeness (QED) is 0.511. The van der Waals surface area contributed by atoms with Gasteiger partial charge in [-0.15, -0.1) is 0 Å². The lowest BCUT2D eigenvalue weighted by molar-refractivity contribution is 0.244. The maximum Gasteiger partial charge on any atom is 0.324 e. The first-order valence-electron chi connectivity index (χ1n) is 12.5. The maximum absolute atomic E-state index is 11.9. The molecular formula is C24H36N8O3. The Morgan fingerprint density at radius 3 is 2.69 bits per heavy atom. The molecule has 0 radical (unpaired) electrons. The van der Waals surface area contributed by atoms with Gasteiger partial charge in [-0.1, -0.05) is 19.0 Å². The minimum atomic E-state index is -0.434. The SMILES string of the molecule is Cc1cc(N2CCNC2=O)cnc1OCC[C@]1(N)C[C@]1(N)C1CCN(c2nc(C(C)C)no2)CC1. The largest absolute Gasteiger partial charge is 0.477 e. The zero-order valence-corrected chi connectivity index (χ0v) is 20.8. The summed E-state index contributed by atoms with van der Waals surface area (Å²) >= 11 is 0. The first kappa shape index (κ1) is 23.8. The summed E-state index contributed by atoms with van der Waals surface area (Å²) in [5, 5.41) is 6.87. The first-order chi connectivity index (χ1) is 16.7. The monoisotopic (exact) mass is 484 g/mol. The fourth-order valence-corrected chi connectivity index (χ4v) is 5.42. The van der Waals surface area contributed by atoms with Crippen LogP contribution < -0.4 is 31.3 Å². The molecule has 35 heavy (non-hydrogen) atoms. The molecule has 1 saturated carbocycles. The van der Waals surface area contributed by atoms with Crippen LogP contribution in [0.4, 0.5) is 16.5 Å². The molecule has 11 nitrogen and oxygen atoms in total. The Morgan fingerprint density at radius 1 is 1.29 bits per heavy atom. The van der Waals surface area contributed by atoms with Crippen LogP contribution in [0.5, 0.6) is 5.88 Å². The average Bonchev–Trinajstić information content (AvgIpc) is 3.23. The number of carbonyl (C=O) groups is 1. The molecule has 2 amide bonds. The van der Waals surface area contributed by atoms with Crippen LogP contribution in [0.15, 0.2) is 16.8 Å². The van der Waals surface area contributed by atoms with Crippen molar-refractivity contribution < 1.29 is 14.1 Å². The molecular weight excluding hydrogens is 448 g/mol. The lowest BCUT2D eigenvalue weighted by Crippen LogP contribution is -2.50. The van der Waals surface area contributed by atoms with Crippen LogP contribution in [0.25, 0.3) is 0 Å². The van der Waals surface area contributed by atoms with E-state index in [1.165, 1.54) is 0 Å². The van der Waals surface area contributed by atoms with Gasteiger partial charge < -0.3 is 30.9 Å². The molecule has 11 heteroatoms. The van der Waals surface area contributed by atoms with Gasteiger partial charge in [-0.25, -0.2) is 9.78 Å². The predicted octanol–water partition coefficient (Wildman–Crippen LogP) is 1.91. The number of nitrogens with zero attached hydrogens (tertiary/aromatic N) is 5. The third kappa shape index (κ3) is 4.42. The van der Waals surface area contributed by atoms with Gasteiger partial charge in [0, 0.05) is 55.2 Å². The van der Waals surface area contributed by atoms with E-state index in [4.69, 9.17) is 20.7 Å². The van der Waals surface area contributed by atoms with Crippen molar-refractivity contribution in [2.24, 2.45) is 17.4 Å². The minimum Gasteiger partial charge on any atom is -0.477 e. The van der Waals surface area contributed by atoms with Crippen molar-refractivity contribution in [1.82, 2.24) is 20.4 Å². The number of hydrogen-bond donors (Lipinski definition) is 3.